The Labute approximate surface area is 170 Å². The largest absolute Gasteiger partial charge is 0.497 e. The molecule has 1 N–H and O–H groups in total. The Bertz CT molecular complexity index is 777. The molecule has 1 heterocycles. The molecule has 144 valence electrons. The highest BCUT2D eigenvalue weighted by molar-refractivity contribution is 7.80. The van der Waals surface area contributed by atoms with Gasteiger partial charge in [0.1, 0.15) is 11.5 Å². The van der Waals surface area contributed by atoms with Gasteiger partial charge >= 0.3 is 0 Å². The second kappa shape index (κ2) is 9.26. The number of ether oxygens (including phenoxy) is 2. The molecule has 0 amide bonds. The van der Waals surface area contributed by atoms with Gasteiger partial charge in [0.2, 0.25) is 0 Å². The van der Waals surface area contributed by atoms with Crippen LogP contribution in [0.4, 0.5) is 5.69 Å². The zero-order chi connectivity index (χ0) is 19.2. The van der Waals surface area contributed by atoms with Gasteiger partial charge in [-0.2, -0.15) is 0 Å². The predicted octanol–water partition coefficient (Wildman–Crippen LogP) is 3.87. The molecule has 5 nitrogen and oxygen atoms in total. The molecular formula is C20H24ClN3O2S. The van der Waals surface area contributed by atoms with E-state index in [1.165, 1.54) is 5.56 Å². The highest BCUT2D eigenvalue weighted by Crippen LogP contribution is 2.29. The van der Waals surface area contributed by atoms with Crippen LogP contribution in [0, 0.1) is 0 Å². The minimum absolute atomic E-state index is 0.707. The van der Waals surface area contributed by atoms with Crippen molar-refractivity contribution in [3.63, 3.8) is 0 Å². The first-order valence-electron chi connectivity index (χ1n) is 8.84. The predicted molar refractivity (Wildman–Crippen MR) is 114 cm³/mol. The van der Waals surface area contributed by atoms with Crippen LogP contribution in [0.2, 0.25) is 5.02 Å². The molecule has 1 aliphatic rings. The summed E-state index contributed by atoms with van der Waals surface area (Å²) >= 11 is 11.6. The third-order valence-electron chi connectivity index (χ3n) is 4.63. The highest BCUT2D eigenvalue weighted by Gasteiger charge is 2.20. The average molecular weight is 406 g/mol. The molecule has 1 aliphatic heterocycles. The van der Waals surface area contributed by atoms with E-state index in [9.17, 15) is 0 Å². The maximum atomic E-state index is 5.96. The van der Waals surface area contributed by atoms with Crippen molar-refractivity contribution < 1.29 is 9.47 Å². The van der Waals surface area contributed by atoms with Crippen LogP contribution in [0.25, 0.3) is 0 Å². The maximum absolute atomic E-state index is 5.96. The number of thiocarbonyl (C=S) groups is 1. The first-order chi connectivity index (χ1) is 13.1. The van der Waals surface area contributed by atoms with E-state index in [4.69, 9.17) is 33.3 Å². The third-order valence-corrected chi connectivity index (χ3v) is 5.24. The highest BCUT2D eigenvalue weighted by atomic mass is 35.5. The number of hydrogen-bond acceptors (Lipinski definition) is 4. The molecule has 0 spiro atoms. The summed E-state index contributed by atoms with van der Waals surface area (Å²) in [5.74, 6) is 1.46. The Hall–Kier alpha value is -2.02. The molecule has 0 aliphatic carbocycles. The van der Waals surface area contributed by atoms with Crippen LogP contribution >= 0.6 is 23.8 Å². The quantitative estimate of drug-likeness (QED) is 0.761. The van der Waals surface area contributed by atoms with Gasteiger partial charge in [-0.15, -0.1) is 0 Å². The fraction of sp³-hybridized carbons (Fsp3) is 0.350. The second-order valence-corrected chi connectivity index (χ2v) is 7.21. The van der Waals surface area contributed by atoms with Gasteiger partial charge in [0.05, 0.1) is 19.9 Å². The van der Waals surface area contributed by atoms with Gasteiger partial charge in [0, 0.05) is 43.8 Å². The molecule has 1 fully saturated rings. The Kier molecular flexibility index (Phi) is 6.77. The number of benzene rings is 2. The van der Waals surface area contributed by atoms with Crippen LogP contribution in [0.15, 0.2) is 42.5 Å². The normalized spacial score (nSPS) is 14.7. The summed E-state index contributed by atoms with van der Waals surface area (Å²) < 4.78 is 10.7. The number of halogens is 1. The fourth-order valence-corrected chi connectivity index (χ4v) is 3.47. The number of piperazine rings is 1. The summed E-state index contributed by atoms with van der Waals surface area (Å²) in [6.45, 7) is 4.63. The van der Waals surface area contributed by atoms with Crippen LogP contribution in [0.3, 0.4) is 0 Å². The summed E-state index contributed by atoms with van der Waals surface area (Å²) in [6, 6.07) is 13.7. The minimum Gasteiger partial charge on any atom is -0.497 e. The number of nitrogens with one attached hydrogen (secondary N) is 1. The molecule has 2 aromatic rings. The van der Waals surface area contributed by atoms with Crippen molar-refractivity contribution in [3.05, 3.63) is 53.1 Å². The van der Waals surface area contributed by atoms with E-state index in [1.807, 2.05) is 30.3 Å². The summed E-state index contributed by atoms with van der Waals surface area (Å²) in [5, 5.41) is 4.78. The van der Waals surface area contributed by atoms with Crippen molar-refractivity contribution in [2.75, 3.05) is 45.7 Å². The van der Waals surface area contributed by atoms with Crippen molar-refractivity contribution in [2.45, 2.75) is 6.54 Å². The minimum atomic E-state index is 0.707. The molecule has 2 aromatic carbocycles. The standard InChI is InChI=1S/C20H24ClN3O2S/c1-25-17-7-8-18(19(13-17)26-2)22-20(27)24-11-9-23(10-12-24)14-15-3-5-16(21)6-4-15/h3-8,13H,9-12,14H2,1-2H3,(H,22,27). The first-order valence-corrected chi connectivity index (χ1v) is 9.62. The van der Waals surface area contributed by atoms with Gasteiger partial charge in [0.15, 0.2) is 5.11 Å². The van der Waals surface area contributed by atoms with E-state index in [1.54, 1.807) is 14.2 Å². The zero-order valence-corrected chi connectivity index (χ0v) is 17.1. The van der Waals surface area contributed by atoms with E-state index in [-0.39, 0.29) is 0 Å². The molecule has 3 rings (SSSR count). The molecule has 7 heteroatoms. The topological polar surface area (TPSA) is 37.0 Å². The summed E-state index contributed by atoms with van der Waals surface area (Å²) in [6.07, 6.45) is 0. The molecule has 0 saturated carbocycles. The van der Waals surface area contributed by atoms with E-state index in [0.29, 0.717) is 10.9 Å². The zero-order valence-electron chi connectivity index (χ0n) is 15.6. The van der Waals surface area contributed by atoms with Gasteiger partial charge in [-0.1, -0.05) is 23.7 Å². The number of hydrogen-bond donors (Lipinski definition) is 1. The Morgan fingerprint density at radius 3 is 2.37 bits per heavy atom. The Balaban J connectivity index is 1.53. The fourth-order valence-electron chi connectivity index (χ4n) is 3.05. The Morgan fingerprint density at radius 2 is 1.74 bits per heavy atom. The van der Waals surface area contributed by atoms with Crippen molar-refractivity contribution in [2.24, 2.45) is 0 Å². The number of methoxy groups -OCH3 is 2. The number of anilines is 1. The second-order valence-electron chi connectivity index (χ2n) is 6.39. The van der Waals surface area contributed by atoms with Gasteiger partial charge < -0.3 is 19.7 Å². The lowest BCUT2D eigenvalue weighted by Crippen LogP contribution is -2.49. The van der Waals surface area contributed by atoms with E-state index < -0.39 is 0 Å². The van der Waals surface area contributed by atoms with Crippen LogP contribution in [-0.2, 0) is 6.54 Å². The van der Waals surface area contributed by atoms with Crippen molar-refractivity contribution >= 4 is 34.6 Å². The van der Waals surface area contributed by atoms with Crippen molar-refractivity contribution in [1.82, 2.24) is 9.80 Å². The lowest BCUT2D eigenvalue weighted by Gasteiger charge is -2.36. The summed E-state index contributed by atoms with van der Waals surface area (Å²) in [7, 11) is 3.27. The lowest BCUT2D eigenvalue weighted by atomic mass is 10.2. The van der Waals surface area contributed by atoms with Gasteiger partial charge in [-0.25, -0.2) is 0 Å². The Morgan fingerprint density at radius 1 is 1.04 bits per heavy atom. The smallest absolute Gasteiger partial charge is 0.173 e. The van der Waals surface area contributed by atoms with Crippen molar-refractivity contribution in [1.29, 1.82) is 0 Å². The van der Waals surface area contributed by atoms with Crippen molar-refractivity contribution in [3.8, 4) is 11.5 Å². The van der Waals surface area contributed by atoms with Crippen LogP contribution in [0.5, 0.6) is 11.5 Å². The lowest BCUT2D eigenvalue weighted by molar-refractivity contribution is 0.177. The van der Waals surface area contributed by atoms with Gasteiger partial charge in [-0.05, 0) is 42.0 Å². The molecule has 0 unspecified atom stereocenters. The summed E-state index contributed by atoms with van der Waals surface area (Å²) in [5.41, 5.74) is 2.11. The van der Waals surface area contributed by atoms with Crippen LogP contribution in [-0.4, -0.2) is 55.3 Å². The first kappa shape index (κ1) is 19.7. The monoisotopic (exact) mass is 405 g/mol. The number of nitrogens with zero attached hydrogens (tertiary/aromatic N) is 2. The molecule has 0 radical (unpaired) electrons. The number of rotatable bonds is 5. The van der Waals surface area contributed by atoms with Crippen LogP contribution in [0.1, 0.15) is 5.56 Å². The molecule has 0 atom stereocenters. The molecule has 0 bridgehead atoms. The van der Waals surface area contributed by atoms with E-state index in [0.717, 1.165) is 49.2 Å². The SMILES string of the molecule is COc1ccc(NC(=S)N2CCN(Cc3ccc(Cl)cc3)CC2)c(OC)c1. The molecule has 1 saturated heterocycles. The van der Waals surface area contributed by atoms with Gasteiger partial charge in [-0.3, -0.25) is 4.90 Å². The van der Waals surface area contributed by atoms with E-state index >= 15 is 0 Å². The summed E-state index contributed by atoms with van der Waals surface area (Å²) in [4.78, 5) is 4.62. The molecular weight excluding hydrogens is 382 g/mol. The molecule has 27 heavy (non-hydrogen) atoms. The molecule has 0 aromatic heterocycles. The average Bonchev–Trinajstić information content (AvgIpc) is 2.70. The van der Waals surface area contributed by atoms with Gasteiger partial charge in [0.25, 0.3) is 0 Å². The third kappa shape index (κ3) is 5.25. The van der Waals surface area contributed by atoms with Crippen LogP contribution < -0.4 is 14.8 Å². The van der Waals surface area contributed by atoms with E-state index in [2.05, 4.69) is 27.2 Å². The maximum Gasteiger partial charge on any atom is 0.173 e.